The fraction of sp³-hybridized carbons (Fsp3) is 0.467. The molecule has 0 saturated heterocycles. The first-order valence-corrected chi connectivity index (χ1v) is 7.12. The van der Waals surface area contributed by atoms with Crippen molar-refractivity contribution < 1.29 is 4.79 Å². The first-order chi connectivity index (χ1) is 9.67. The molecule has 2 N–H and O–H groups in total. The van der Waals surface area contributed by atoms with Crippen LogP contribution in [0.5, 0.6) is 0 Å². The van der Waals surface area contributed by atoms with E-state index in [2.05, 4.69) is 33.2 Å². The number of hydrogen-bond acceptors (Lipinski definition) is 3. The highest BCUT2D eigenvalue weighted by Gasteiger charge is 2.13. The molecule has 108 valence electrons. The quantitative estimate of drug-likeness (QED) is 0.842. The largest absolute Gasteiger partial charge is 0.355 e. The summed E-state index contributed by atoms with van der Waals surface area (Å²) in [4.78, 5) is 16.3. The third-order valence-corrected chi connectivity index (χ3v) is 3.36. The topological polar surface area (TPSA) is 59.0 Å². The zero-order valence-corrected chi connectivity index (χ0v) is 12.3. The number of hydrogen-bond donors (Lipinski definition) is 2. The lowest BCUT2D eigenvalue weighted by molar-refractivity contribution is -0.122. The fourth-order valence-corrected chi connectivity index (χ4v) is 2.28. The number of aryl methyl sites for hydroxylation is 1. The number of carbonyl (C=O) groups is 1. The minimum atomic E-state index is -0.222. The number of para-hydroxylation sites is 2. The number of nitrogens with one attached hydrogen (secondary N) is 2. The zero-order chi connectivity index (χ0) is 14.5. The summed E-state index contributed by atoms with van der Waals surface area (Å²) in [6.07, 6.45) is 0. The van der Waals surface area contributed by atoms with E-state index in [0.29, 0.717) is 13.1 Å². The van der Waals surface area contributed by atoms with E-state index < -0.39 is 0 Å². The monoisotopic (exact) mass is 274 g/mol. The van der Waals surface area contributed by atoms with Crippen LogP contribution in [-0.4, -0.2) is 28.0 Å². The van der Waals surface area contributed by atoms with Gasteiger partial charge >= 0.3 is 0 Å². The Hall–Kier alpha value is -1.88. The van der Waals surface area contributed by atoms with Crippen molar-refractivity contribution in [2.24, 2.45) is 0 Å². The summed E-state index contributed by atoms with van der Waals surface area (Å²) in [5.41, 5.74) is 2.13. The SMILES string of the molecule is CCNC(=O)C(C)NCc1nc2ccccc2n1CC. The van der Waals surface area contributed by atoms with Gasteiger partial charge in [0.05, 0.1) is 23.6 Å². The number of amides is 1. The number of aromatic nitrogens is 2. The van der Waals surface area contributed by atoms with E-state index in [1.165, 1.54) is 0 Å². The Morgan fingerprint density at radius 2 is 2.10 bits per heavy atom. The summed E-state index contributed by atoms with van der Waals surface area (Å²) in [6.45, 7) is 7.99. The van der Waals surface area contributed by atoms with E-state index in [9.17, 15) is 4.79 Å². The van der Waals surface area contributed by atoms with Gasteiger partial charge in [-0.2, -0.15) is 0 Å². The van der Waals surface area contributed by atoms with Gasteiger partial charge in [0.1, 0.15) is 5.82 Å². The molecule has 0 aliphatic heterocycles. The number of rotatable bonds is 6. The third-order valence-electron chi connectivity index (χ3n) is 3.36. The van der Waals surface area contributed by atoms with Crippen LogP contribution < -0.4 is 10.6 Å². The van der Waals surface area contributed by atoms with Crippen LogP contribution in [0.15, 0.2) is 24.3 Å². The summed E-state index contributed by atoms with van der Waals surface area (Å²) in [7, 11) is 0. The Labute approximate surface area is 119 Å². The predicted octanol–water partition coefficient (Wildman–Crippen LogP) is 1.67. The van der Waals surface area contributed by atoms with Crippen LogP contribution in [0.3, 0.4) is 0 Å². The summed E-state index contributed by atoms with van der Waals surface area (Å²) >= 11 is 0. The first kappa shape index (κ1) is 14.5. The van der Waals surface area contributed by atoms with Crippen LogP contribution in [0, 0.1) is 0 Å². The molecule has 5 nitrogen and oxygen atoms in total. The van der Waals surface area contributed by atoms with Gasteiger partial charge in [0, 0.05) is 13.1 Å². The van der Waals surface area contributed by atoms with Crippen molar-refractivity contribution >= 4 is 16.9 Å². The average molecular weight is 274 g/mol. The van der Waals surface area contributed by atoms with Crippen LogP contribution in [0.1, 0.15) is 26.6 Å². The highest BCUT2D eigenvalue weighted by molar-refractivity contribution is 5.81. The van der Waals surface area contributed by atoms with E-state index >= 15 is 0 Å². The van der Waals surface area contributed by atoms with Crippen molar-refractivity contribution in [2.45, 2.75) is 39.9 Å². The van der Waals surface area contributed by atoms with E-state index in [1.807, 2.05) is 32.0 Å². The maximum atomic E-state index is 11.7. The molecule has 0 saturated carbocycles. The van der Waals surface area contributed by atoms with Crippen LogP contribution in [-0.2, 0) is 17.9 Å². The minimum Gasteiger partial charge on any atom is -0.355 e. The van der Waals surface area contributed by atoms with Gasteiger partial charge in [-0.3, -0.25) is 10.1 Å². The Bertz CT molecular complexity index is 591. The van der Waals surface area contributed by atoms with Crippen molar-refractivity contribution in [1.29, 1.82) is 0 Å². The molecule has 1 amide bonds. The predicted molar refractivity (Wildman–Crippen MR) is 80.4 cm³/mol. The molecule has 5 heteroatoms. The van der Waals surface area contributed by atoms with Crippen molar-refractivity contribution in [2.75, 3.05) is 6.54 Å². The molecule has 0 aliphatic carbocycles. The molecule has 2 aromatic rings. The second-order valence-electron chi connectivity index (χ2n) is 4.76. The second-order valence-corrected chi connectivity index (χ2v) is 4.76. The number of likely N-dealkylation sites (N-methyl/N-ethyl adjacent to an activating group) is 1. The van der Waals surface area contributed by atoms with Crippen LogP contribution >= 0.6 is 0 Å². The number of carbonyl (C=O) groups excluding carboxylic acids is 1. The molecule has 1 aromatic heterocycles. The Balaban J connectivity index is 2.11. The van der Waals surface area contributed by atoms with E-state index in [4.69, 9.17) is 0 Å². The van der Waals surface area contributed by atoms with Gasteiger partial charge in [-0.15, -0.1) is 0 Å². The highest BCUT2D eigenvalue weighted by atomic mass is 16.2. The number of imidazole rings is 1. The van der Waals surface area contributed by atoms with Crippen LogP contribution in [0.4, 0.5) is 0 Å². The number of fused-ring (bicyclic) bond motifs is 1. The van der Waals surface area contributed by atoms with Gasteiger partial charge in [-0.1, -0.05) is 12.1 Å². The van der Waals surface area contributed by atoms with Crippen molar-refractivity contribution in [1.82, 2.24) is 20.2 Å². The Morgan fingerprint density at radius 1 is 1.35 bits per heavy atom. The molecule has 1 heterocycles. The van der Waals surface area contributed by atoms with Gasteiger partial charge < -0.3 is 9.88 Å². The molecule has 0 fully saturated rings. The maximum Gasteiger partial charge on any atom is 0.236 e. The number of benzene rings is 1. The Morgan fingerprint density at radius 3 is 2.80 bits per heavy atom. The molecular weight excluding hydrogens is 252 g/mol. The first-order valence-electron chi connectivity index (χ1n) is 7.12. The van der Waals surface area contributed by atoms with Crippen molar-refractivity contribution in [3.63, 3.8) is 0 Å². The summed E-state index contributed by atoms with van der Waals surface area (Å²) in [6, 6.07) is 7.87. The van der Waals surface area contributed by atoms with E-state index in [-0.39, 0.29) is 11.9 Å². The highest BCUT2D eigenvalue weighted by Crippen LogP contribution is 2.15. The molecule has 0 radical (unpaired) electrons. The fourth-order valence-electron chi connectivity index (χ4n) is 2.28. The summed E-state index contributed by atoms with van der Waals surface area (Å²) < 4.78 is 2.17. The molecule has 1 atom stereocenters. The maximum absolute atomic E-state index is 11.7. The molecule has 0 spiro atoms. The lowest BCUT2D eigenvalue weighted by atomic mass is 10.3. The third kappa shape index (κ3) is 2.99. The van der Waals surface area contributed by atoms with Crippen LogP contribution in [0.25, 0.3) is 11.0 Å². The smallest absolute Gasteiger partial charge is 0.236 e. The van der Waals surface area contributed by atoms with Crippen molar-refractivity contribution in [3.8, 4) is 0 Å². The normalized spacial score (nSPS) is 12.6. The van der Waals surface area contributed by atoms with Crippen molar-refractivity contribution in [3.05, 3.63) is 30.1 Å². The van der Waals surface area contributed by atoms with E-state index in [0.717, 1.165) is 23.4 Å². The van der Waals surface area contributed by atoms with Gasteiger partial charge in [0.15, 0.2) is 0 Å². The van der Waals surface area contributed by atoms with Gasteiger partial charge in [-0.05, 0) is 32.9 Å². The van der Waals surface area contributed by atoms with Crippen LogP contribution in [0.2, 0.25) is 0 Å². The zero-order valence-electron chi connectivity index (χ0n) is 12.3. The lowest BCUT2D eigenvalue weighted by Gasteiger charge is -2.13. The van der Waals surface area contributed by atoms with Gasteiger partial charge in [-0.25, -0.2) is 4.98 Å². The average Bonchev–Trinajstić information content (AvgIpc) is 2.82. The molecule has 20 heavy (non-hydrogen) atoms. The minimum absolute atomic E-state index is 0.0201. The summed E-state index contributed by atoms with van der Waals surface area (Å²) in [5.74, 6) is 0.983. The van der Waals surface area contributed by atoms with E-state index in [1.54, 1.807) is 0 Å². The molecule has 1 aromatic carbocycles. The summed E-state index contributed by atoms with van der Waals surface area (Å²) in [5, 5.41) is 6.03. The molecular formula is C15H22N4O. The van der Waals surface area contributed by atoms with Gasteiger partial charge in [0.2, 0.25) is 5.91 Å². The lowest BCUT2D eigenvalue weighted by Crippen LogP contribution is -2.42. The number of nitrogens with zero attached hydrogens (tertiary/aromatic N) is 2. The molecule has 0 aliphatic rings. The second kappa shape index (κ2) is 6.52. The standard InChI is InChI=1S/C15H22N4O/c1-4-16-15(20)11(3)17-10-14-18-12-8-6-7-9-13(12)19(14)5-2/h6-9,11,17H,4-5,10H2,1-3H3,(H,16,20). The van der Waals surface area contributed by atoms with Gasteiger partial charge in [0.25, 0.3) is 0 Å². The Kier molecular flexibility index (Phi) is 4.74. The molecule has 2 rings (SSSR count). The molecule has 0 bridgehead atoms. The molecule has 1 unspecified atom stereocenters.